The summed E-state index contributed by atoms with van der Waals surface area (Å²) in [5, 5.41) is 4.27. The van der Waals surface area contributed by atoms with E-state index < -0.39 is 0 Å². The summed E-state index contributed by atoms with van der Waals surface area (Å²) in [5.41, 5.74) is 1.04. The molecule has 1 aliphatic heterocycles. The molecule has 3 rings (SSSR count). The molecule has 0 spiro atoms. The van der Waals surface area contributed by atoms with E-state index in [9.17, 15) is 4.79 Å². The second-order valence-corrected chi connectivity index (χ2v) is 8.34. The van der Waals surface area contributed by atoms with E-state index in [1.54, 1.807) is 11.3 Å². The molecule has 0 radical (unpaired) electrons. The van der Waals surface area contributed by atoms with Crippen LogP contribution in [0.3, 0.4) is 0 Å². The molecule has 2 heterocycles. The Morgan fingerprint density at radius 2 is 2.17 bits per heavy atom. The molecular formula is C17H28N4OS. The molecule has 6 heteroatoms. The number of carbonyl (C=O) groups is 1. The molecule has 23 heavy (non-hydrogen) atoms. The summed E-state index contributed by atoms with van der Waals surface area (Å²) in [7, 11) is 1.88. The molecule has 1 saturated carbocycles. The van der Waals surface area contributed by atoms with Crippen LogP contribution in [0.25, 0.3) is 0 Å². The predicted molar refractivity (Wildman–Crippen MR) is 93.9 cm³/mol. The van der Waals surface area contributed by atoms with Crippen LogP contribution in [0.15, 0.2) is 0 Å². The van der Waals surface area contributed by atoms with Gasteiger partial charge in [0, 0.05) is 37.6 Å². The van der Waals surface area contributed by atoms with Gasteiger partial charge in [0.2, 0.25) is 0 Å². The van der Waals surface area contributed by atoms with Gasteiger partial charge in [0.15, 0.2) is 0 Å². The first-order valence-corrected chi connectivity index (χ1v) is 9.45. The van der Waals surface area contributed by atoms with Gasteiger partial charge in [0.05, 0.1) is 16.7 Å². The van der Waals surface area contributed by atoms with Crippen LogP contribution in [-0.2, 0) is 0 Å². The molecule has 1 aromatic rings. The number of nitrogens with one attached hydrogen (secondary N) is 1. The van der Waals surface area contributed by atoms with Crippen molar-refractivity contribution < 1.29 is 4.79 Å². The number of hydrogen-bond acceptors (Lipinski definition) is 4. The van der Waals surface area contributed by atoms with E-state index in [2.05, 4.69) is 22.1 Å². The second-order valence-electron chi connectivity index (χ2n) is 7.11. The van der Waals surface area contributed by atoms with Crippen molar-refractivity contribution in [1.82, 2.24) is 20.1 Å². The first-order chi connectivity index (χ1) is 10.9. The first-order valence-electron chi connectivity index (χ1n) is 8.63. The van der Waals surface area contributed by atoms with Gasteiger partial charge in [-0.1, -0.05) is 0 Å². The fourth-order valence-corrected chi connectivity index (χ4v) is 4.37. The third-order valence-electron chi connectivity index (χ3n) is 5.03. The van der Waals surface area contributed by atoms with Gasteiger partial charge in [-0.3, -0.25) is 0 Å². The van der Waals surface area contributed by atoms with Gasteiger partial charge in [0.1, 0.15) is 0 Å². The third kappa shape index (κ3) is 4.04. The highest BCUT2D eigenvalue weighted by molar-refractivity contribution is 7.11. The number of carbonyl (C=O) groups excluding carboxylic acids is 1. The van der Waals surface area contributed by atoms with Crippen LogP contribution in [0, 0.1) is 19.8 Å². The number of rotatable bonds is 5. The van der Waals surface area contributed by atoms with Crippen molar-refractivity contribution in [2.75, 3.05) is 26.7 Å². The standard InChI is InChI=1S/C17H28N4OS/c1-11-16(23-13(3)18-11)12(2)20(4)17(22)19-15-7-8-21(10-15)9-14-5-6-14/h12,14-15H,5-10H2,1-4H3,(H,19,22)/t12-,15+/m1/s1. The van der Waals surface area contributed by atoms with E-state index >= 15 is 0 Å². The Bertz CT molecular complexity index is 569. The van der Waals surface area contributed by atoms with E-state index in [-0.39, 0.29) is 12.1 Å². The number of hydrogen-bond donors (Lipinski definition) is 1. The largest absolute Gasteiger partial charge is 0.334 e. The lowest BCUT2D eigenvalue weighted by atomic mass is 10.2. The summed E-state index contributed by atoms with van der Waals surface area (Å²) in [6.07, 6.45) is 3.85. The fourth-order valence-electron chi connectivity index (χ4n) is 3.34. The zero-order valence-corrected chi connectivity index (χ0v) is 15.4. The minimum atomic E-state index is 0.0289. The fraction of sp³-hybridized carbons (Fsp3) is 0.765. The Kier molecular flexibility index (Phi) is 4.92. The lowest BCUT2D eigenvalue weighted by molar-refractivity contribution is 0.190. The van der Waals surface area contributed by atoms with Crippen LogP contribution < -0.4 is 5.32 Å². The smallest absolute Gasteiger partial charge is 0.317 e. The Labute approximate surface area is 143 Å². The summed E-state index contributed by atoms with van der Waals surface area (Å²) in [5.74, 6) is 0.921. The molecule has 1 aliphatic carbocycles. The van der Waals surface area contributed by atoms with E-state index in [4.69, 9.17) is 0 Å². The van der Waals surface area contributed by atoms with Crippen molar-refractivity contribution >= 4 is 17.4 Å². The van der Waals surface area contributed by atoms with Crippen molar-refractivity contribution in [1.29, 1.82) is 0 Å². The summed E-state index contributed by atoms with van der Waals surface area (Å²) < 4.78 is 0. The predicted octanol–water partition coefficient (Wildman–Crippen LogP) is 2.95. The molecular weight excluding hydrogens is 308 g/mol. The van der Waals surface area contributed by atoms with Crippen molar-refractivity contribution in [3.8, 4) is 0 Å². The minimum absolute atomic E-state index is 0.0289. The van der Waals surface area contributed by atoms with Crippen molar-refractivity contribution in [2.24, 2.45) is 5.92 Å². The average molecular weight is 337 g/mol. The normalized spacial score (nSPS) is 23.0. The molecule has 0 unspecified atom stereocenters. The maximum atomic E-state index is 12.6. The van der Waals surface area contributed by atoms with Gasteiger partial charge in [-0.2, -0.15) is 0 Å². The van der Waals surface area contributed by atoms with E-state index in [1.807, 2.05) is 25.8 Å². The molecule has 2 atom stereocenters. The van der Waals surface area contributed by atoms with Crippen LogP contribution in [0.2, 0.25) is 0 Å². The maximum absolute atomic E-state index is 12.6. The van der Waals surface area contributed by atoms with Crippen LogP contribution in [0.4, 0.5) is 4.79 Å². The van der Waals surface area contributed by atoms with Gasteiger partial charge >= 0.3 is 6.03 Å². The minimum Gasteiger partial charge on any atom is -0.334 e. The Balaban J connectivity index is 1.52. The molecule has 5 nitrogen and oxygen atoms in total. The SMILES string of the molecule is Cc1nc(C)c([C@@H](C)N(C)C(=O)N[C@H]2CCN(CC3CC3)C2)s1. The highest BCUT2D eigenvalue weighted by atomic mass is 32.1. The van der Waals surface area contributed by atoms with Crippen LogP contribution >= 0.6 is 11.3 Å². The van der Waals surface area contributed by atoms with Gasteiger partial charge in [-0.15, -0.1) is 11.3 Å². The van der Waals surface area contributed by atoms with E-state index in [1.165, 1.54) is 24.3 Å². The van der Waals surface area contributed by atoms with Crippen molar-refractivity contribution in [3.63, 3.8) is 0 Å². The molecule has 1 saturated heterocycles. The van der Waals surface area contributed by atoms with E-state index in [0.717, 1.165) is 36.1 Å². The Morgan fingerprint density at radius 3 is 2.78 bits per heavy atom. The number of aromatic nitrogens is 1. The van der Waals surface area contributed by atoms with Crippen LogP contribution in [0.5, 0.6) is 0 Å². The second kappa shape index (κ2) is 6.77. The molecule has 1 aromatic heterocycles. The lowest BCUT2D eigenvalue weighted by Crippen LogP contribution is -2.45. The topological polar surface area (TPSA) is 48.5 Å². The first kappa shape index (κ1) is 16.7. The summed E-state index contributed by atoms with van der Waals surface area (Å²) in [6.45, 7) is 9.46. The highest BCUT2D eigenvalue weighted by Gasteiger charge is 2.31. The van der Waals surface area contributed by atoms with Crippen LogP contribution in [-0.4, -0.2) is 53.5 Å². The van der Waals surface area contributed by atoms with E-state index in [0.29, 0.717) is 6.04 Å². The molecule has 0 bridgehead atoms. The zero-order chi connectivity index (χ0) is 16.6. The third-order valence-corrected chi connectivity index (χ3v) is 6.28. The van der Waals surface area contributed by atoms with Crippen molar-refractivity contribution in [3.05, 3.63) is 15.6 Å². The van der Waals surface area contributed by atoms with Gasteiger partial charge in [-0.05, 0) is 46.0 Å². The summed E-state index contributed by atoms with van der Waals surface area (Å²) in [6, 6.07) is 0.381. The van der Waals surface area contributed by atoms with Crippen molar-refractivity contribution in [2.45, 2.75) is 52.1 Å². The Morgan fingerprint density at radius 1 is 1.43 bits per heavy atom. The number of likely N-dealkylation sites (tertiary alicyclic amines) is 1. The zero-order valence-electron chi connectivity index (χ0n) is 14.6. The molecule has 2 aliphatic rings. The Hall–Kier alpha value is -1.14. The number of aryl methyl sites for hydroxylation is 2. The molecule has 1 N–H and O–H groups in total. The maximum Gasteiger partial charge on any atom is 0.317 e. The quantitative estimate of drug-likeness (QED) is 0.899. The highest BCUT2D eigenvalue weighted by Crippen LogP contribution is 2.31. The lowest BCUT2D eigenvalue weighted by Gasteiger charge is -2.26. The molecule has 2 fully saturated rings. The number of urea groups is 1. The van der Waals surface area contributed by atoms with Crippen LogP contribution in [0.1, 0.15) is 47.8 Å². The number of thiazole rings is 1. The summed E-state index contributed by atoms with van der Waals surface area (Å²) >= 11 is 1.68. The number of nitrogens with zero attached hydrogens (tertiary/aromatic N) is 3. The molecule has 0 aromatic carbocycles. The average Bonchev–Trinajstić information content (AvgIpc) is 3.10. The number of amides is 2. The van der Waals surface area contributed by atoms with Gasteiger partial charge in [-0.25, -0.2) is 9.78 Å². The molecule has 2 amide bonds. The van der Waals surface area contributed by atoms with Gasteiger partial charge < -0.3 is 15.1 Å². The monoisotopic (exact) mass is 336 g/mol. The van der Waals surface area contributed by atoms with Gasteiger partial charge in [0.25, 0.3) is 0 Å². The molecule has 128 valence electrons. The summed E-state index contributed by atoms with van der Waals surface area (Å²) in [4.78, 5) is 22.5.